The van der Waals surface area contributed by atoms with Gasteiger partial charge in [0.25, 0.3) is 0 Å². The van der Waals surface area contributed by atoms with E-state index in [-0.39, 0.29) is 13.0 Å². The molecule has 1 fully saturated rings. The molecule has 6 heteroatoms. The Morgan fingerprint density at radius 3 is 2.68 bits per heavy atom. The van der Waals surface area contributed by atoms with Gasteiger partial charge in [-0.2, -0.15) is 11.8 Å². The molecule has 2 unspecified atom stereocenters. The number of hydrogen-bond acceptors (Lipinski definition) is 5. The van der Waals surface area contributed by atoms with E-state index in [2.05, 4.69) is 13.0 Å². The van der Waals surface area contributed by atoms with Crippen LogP contribution in [0.3, 0.4) is 0 Å². The molecule has 2 atom stereocenters. The molecule has 1 aliphatic rings. The predicted octanol–water partition coefficient (Wildman–Crippen LogP) is 4.52. The summed E-state index contributed by atoms with van der Waals surface area (Å²) in [6.45, 7) is 2.42. The standard InChI is InChI=1S/C22H34O5S/c1-2-3-6-13-27-21-17(16-8-4-5-9-16)10-7-11-18(21)22(19(24)15-23)28-14-12-20(25)26/h7,10-11,16,19,22-24H,2-6,8-9,12-15H2,1H3,(H,25,26). The molecule has 1 aromatic carbocycles. The topological polar surface area (TPSA) is 87.0 Å². The molecule has 1 saturated carbocycles. The summed E-state index contributed by atoms with van der Waals surface area (Å²) in [7, 11) is 0. The quantitative estimate of drug-likeness (QED) is 0.415. The van der Waals surface area contributed by atoms with Crippen molar-refractivity contribution in [1.29, 1.82) is 0 Å². The second-order valence-electron chi connectivity index (χ2n) is 7.49. The molecule has 5 nitrogen and oxygen atoms in total. The minimum atomic E-state index is -0.962. The molecule has 3 N–H and O–H groups in total. The number of rotatable bonds is 13. The Bertz CT molecular complexity index is 601. The molecular weight excluding hydrogens is 376 g/mol. The van der Waals surface area contributed by atoms with E-state index in [1.54, 1.807) is 0 Å². The van der Waals surface area contributed by atoms with Crippen LogP contribution >= 0.6 is 11.8 Å². The molecule has 0 spiro atoms. The molecule has 0 bridgehead atoms. The highest BCUT2D eigenvalue weighted by Crippen LogP contribution is 2.45. The summed E-state index contributed by atoms with van der Waals surface area (Å²) in [6.07, 6.45) is 7.01. The number of unbranched alkanes of at least 4 members (excludes halogenated alkanes) is 2. The molecule has 1 aromatic rings. The molecular formula is C22H34O5S. The summed E-state index contributed by atoms with van der Waals surface area (Å²) >= 11 is 1.37. The monoisotopic (exact) mass is 410 g/mol. The van der Waals surface area contributed by atoms with Crippen molar-refractivity contribution in [2.24, 2.45) is 0 Å². The van der Waals surface area contributed by atoms with Crippen molar-refractivity contribution in [3.8, 4) is 5.75 Å². The normalized spacial score (nSPS) is 16.8. The largest absolute Gasteiger partial charge is 0.493 e. The highest BCUT2D eigenvalue weighted by Gasteiger charge is 2.29. The Hall–Kier alpha value is -1.24. The van der Waals surface area contributed by atoms with Crippen LogP contribution in [0.1, 0.15) is 80.6 Å². The average Bonchev–Trinajstić information content (AvgIpc) is 3.22. The lowest BCUT2D eigenvalue weighted by atomic mass is 9.92. The molecule has 2 rings (SSSR count). The number of hydrogen-bond donors (Lipinski definition) is 3. The maximum absolute atomic E-state index is 10.9. The second kappa shape index (κ2) is 12.3. The van der Waals surface area contributed by atoms with Gasteiger partial charge in [0.05, 0.1) is 31.0 Å². The van der Waals surface area contributed by atoms with Gasteiger partial charge in [-0.1, -0.05) is 50.8 Å². The van der Waals surface area contributed by atoms with E-state index in [1.165, 1.54) is 30.2 Å². The number of aliphatic hydroxyl groups is 2. The van der Waals surface area contributed by atoms with Crippen LogP contribution < -0.4 is 4.74 Å². The van der Waals surface area contributed by atoms with Crippen molar-refractivity contribution in [3.05, 3.63) is 29.3 Å². The number of benzene rings is 1. The second-order valence-corrected chi connectivity index (χ2v) is 8.74. The molecule has 0 radical (unpaired) electrons. The van der Waals surface area contributed by atoms with E-state index in [9.17, 15) is 15.0 Å². The van der Waals surface area contributed by atoms with Crippen LogP contribution in [-0.2, 0) is 4.79 Å². The van der Waals surface area contributed by atoms with Crippen LogP contribution in [0, 0.1) is 0 Å². The summed E-state index contributed by atoms with van der Waals surface area (Å²) in [5.41, 5.74) is 2.07. The number of aliphatic carboxylic acids is 1. The number of ether oxygens (including phenoxy) is 1. The Balaban J connectivity index is 2.30. The van der Waals surface area contributed by atoms with Crippen molar-refractivity contribution in [1.82, 2.24) is 0 Å². The molecule has 1 aliphatic carbocycles. The number of para-hydroxylation sites is 1. The lowest BCUT2D eigenvalue weighted by Crippen LogP contribution is -2.22. The number of carboxylic acids is 1. The maximum Gasteiger partial charge on any atom is 0.304 e. The third-order valence-electron chi connectivity index (χ3n) is 5.32. The molecule has 0 saturated heterocycles. The summed E-state index contributed by atoms with van der Waals surface area (Å²) in [6, 6.07) is 6.07. The van der Waals surface area contributed by atoms with E-state index in [1.807, 2.05) is 12.1 Å². The van der Waals surface area contributed by atoms with Gasteiger partial charge in [-0.05, 0) is 30.7 Å². The summed E-state index contributed by atoms with van der Waals surface area (Å²) in [4.78, 5) is 10.9. The van der Waals surface area contributed by atoms with Crippen molar-refractivity contribution in [2.45, 2.75) is 75.6 Å². The zero-order valence-electron chi connectivity index (χ0n) is 16.8. The predicted molar refractivity (Wildman–Crippen MR) is 113 cm³/mol. The molecule has 0 amide bonds. The Morgan fingerprint density at radius 2 is 2.04 bits per heavy atom. The van der Waals surface area contributed by atoms with Gasteiger partial charge in [0.2, 0.25) is 0 Å². The minimum absolute atomic E-state index is 0.0221. The van der Waals surface area contributed by atoms with Gasteiger partial charge in [-0.3, -0.25) is 4.79 Å². The number of thioether (sulfide) groups is 1. The van der Waals surface area contributed by atoms with Crippen molar-refractivity contribution in [2.75, 3.05) is 19.0 Å². The fourth-order valence-electron chi connectivity index (χ4n) is 3.83. The van der Waals surface area contributed by atoms with Crippen LogP contribution in [0.5, 0.6) is 5.75 Å². The average molecular weight is 411 g/mol. The lowest BCUT2D eigenvalue weighted by Gasteiger charge is -2.26. The molecule has 0 heterocycles. The van der Waals surface area contributed by atoms with E-state index < -0.39 is 17.3 Å². The Labute approximate surface area is 172 Å². The van der Waals surface area contributed by atoms with E-state index in [0.717, 1.165) is 43.4 Å². The molecule has 0 aromatic heterocycles. The number of carboxylic acid groups (broad SMARTS) is 1. The molecule has 28 heavy (non-hydrogen) atoms. The zero-order chi connectivity index (χ0) is 20.4. The fraction of sp³-hybridized carbons (Fsp3) is 0.682. The van der Waals surface area contributed by atoms with Gasteiger partial charge in [-0.15, -0.1) is 0 Å². The first-order chi connectivity index (χ1) is 13.6. The highest BCUT2D eigenvalue weighted by atomic mass is 32.2. The first-order valence-corrected chi connectivity index (χ1v) is 11.5. The van der Waals surface area contributed by atoms with E-state index >= 15 is 0 Å². The van der Waals surface area contributed by atoms with E-state index in [4.69, 9.17) is 9.84 Å². The highest BCUT2D eigenvalue weighted by molar-refractivity contribution is 7.99. The van der Waals surface area contributed by atoms with Crippen LogP contribution in [0.4, 0.5) is 0 Å². The van der Waals surface area contributed by atoms with Crippen molar-refractivity contribution < 1.29 is 24.9 Å². The third kappa shape index (κ3) is 6.68. The molecule has 158 valence electrons. The van der Waals surface area contributed by atoms with Gasteiger partial charge < -0.3 is 20.1 Å². The number of carbonyl (C=O) groups is 1. The maximum atomic E-state index is 10.9. The van der Waals surface area contributed by atoms with Crippen LogP contribution in [0.25, 0.3) is 0 Å². The van der Waals surface area contributed by atoms with Crippen molar-refractivity contribution in [3.63, 3.8) is 0 Å². The van der Waals surface area contributed by atoms with Crippen LogP contribution in [0.2, 0.25) is 0 Å². The first-order valence-electron chi connectivity index (χ1n) is 10.5. The first kappa shape index (κ1) is 23.0. The SMILES string of the molecule is CCCCCOc1c(C2CCCC2)cccc1C(SCCC(=O)O)C(O)CO. The minimum Gasteiger partial charge on any atom is -0.493 e. The van der Waals surface area contributed by atoms with Crippen LogP contribution in [0.15, 0.2) is 18.2 Å². The Kier molecular flexibility index (Phi) is 10.2. The summed E-state index contributed by atoms with van der Waals surface area (Å²) in [5, 5.41) is 28.6. The summed E-state index contributed by atoms with van der Waals surface area (Å²) in [5.74, 6) is 0.823. The van der Waals surface area contributed by atoms with Gasteiger partial charge in [-0.25, -0.2) is 0 Å². The van der Waals surface area contributed by atoms with Crippen LogP contribution in [-0.4, -0.2) is 46.4 Å². The lowest BCUT2D eigenvalue weighted by molar-refractivity contribution is -0.136. The fourth-order valence-corrected chi connectivity index (χ4v) is 5.05. The number of aliphatic hydroxyl groups excluding tert-OH is 2. The zero-order valence-corrected chi connectivity index (χ0v) is 17.6. The van der Waals surface area contributed by atoms with Gasteiger partial charge in [0.15, 0.2) is 0 Å². The van der Waals surface area contributed by atoms with Gasteiger partial charge >= 0.3 is 5.97 Å². The molecule has 0 aliphatic heterocycles. The third-order valence-corrected chi connectivity index (χ3v) is 6.69. The van der Waals surface area contributed by atoms with E-state index in [0.29, 0.717) is 18.3 Å². The summed E-state index contributed by atoms with van der Waals surface area (Å²) < 4.78 is 6.26. The van der Waals surface area contributed by atoms with Gasteiger partial charge in [0.1, 0.15) is 5.75 Å². The van der Waals surface area contributed by atoms with Crippen molar-refractivity contribution >= 4 is 17.7 Å². The Morgan fingerprint density at radius 1 is 1.29 bits per heavy atom. The smallest absolute Gasteiger partial charge is 0.304 e. The van der Waals surface area contributed by atoms with Gasteiger partial charge in [0, 0.05) is 11.3 Å².